The summed E-state index contributed by atoms with van der Waals surface area (Å²) in [4.78, 5) is 12.9. The van der Waals surface area contributed by atoms with Crippen molar-refractivity contribution >= 4 is 5.78 Å². The lowest BCUT2D eigenvalue weighted by Gasteiger charge is -2.32. The summed E-state index contributed by atoms with van der Waals surface area (Å²) < 4.78 is 25.1. The van der Waals surface area contributed by atoms with E-state index in [4.69, 9.17) is 9.47 Å². The second-order valence-electron chi connectivity index (χ2n) is 7.56. The highest BCUT2D eigenvalue weighted by Crippen LogP contribution is 2.34. The fourth-order valence-electron chi connectivity index (χ4n) is 3.46. The summed E-state index contributed by atoms with van der Waals surface area (Å²) in [6, 6.07) is 11.1. The molecule has 1 saturated heterocycles. The predicted octanol–water partition coefficient (Wildman–Crippen LogP) is 4.04. The molecule has 3 atom stereocenters. The van der Waals surface area contributed by atoms with Crippen LogP contribution < -0.4 is 4.74 Å². The highest BCUT2D eigenvalue weighted by atomic mass is 19.1. The third-order valence-corrected chi connectivity index (χ3v) is 5.11. The Morgan fingerprint density at radius 3 is 2.59 bits per heavy atom. The number of ether oxygens (including phenoxy) is 2. The minimum Gasteiger partial charge on any atom is -0.507 e. The topological polar surface area (TPSA) is 76.0 Å². The number of aryl methyl sites for hydroxylation is 3. The first-order chi connectivity index (χ1) is 13.9. The number of aliphatic hydroxyl groups excluding tert-OH is 1. The lowest BCUT2D eigenvalue weighted by Crippen LogP contribution is -2.41. The van der Waals surface area contributed by atoms with Crippen LogP contribution in [0.25, 0.3) is 0 Å². The lowest BCUT2D eigenvalue weighted by atomic mass is 9.99. The van der Waals surface area contributed by atoms with E-state index in [1.807, 2.05) is 31.2 Å². The van der Waals surface area contributed by atoms with Crippen molar-refractivity contribution < 1.29 is 28.9 Å². The SMILES string of the molecule is Cc1ccc(CCC(=O)c2c(O)cc(C)cc2OC2CCC(F)C(CO)O2)cc1. The van der Waals surface area contributed by atoms with Crippen molar-refractivity contribution in [3.8, 4) is 11.5 Å². The van der Waals surface area contributed by atoms with E-state index < -0.39 is 25.2 Å². The first kappa shape index (κ1) is 21.3. The molecule has 156 valence electrons. The van der Waals surface area contributed by atoms with Gasteiger partial charge in [0, 0.05) is 12.8 Å². The van der Waals surface area contributed by atoms with Crippen LogP contribution in [0.2, 0.25) is 0 Å². The number of phenols is 1. The number of Topliss-reactive ketones (excluding diaryl/α,β-unsaturated/α-hetero) is 1. The van der Waals surface area contributed by atoms with Crippen LogP contribution in [0.4, 0.5) is 4.39 Å². The Morgan fingerprint density at radius 1 is 1.17 bits per heavy atom. The standard InChI is InChI=1S/C23H27FO5/c1-14-3-5-16(6-4-14)7-9-18(26)23-19(27)11-15(2)12-20(23)28-22-10-8-17(24)21(13-25)29-22/h3-6,11-12,17,21-22,25,27H,7-10,13H2,1-2H3. The van der Waals surface area contributed by atoms with E-state index in [9.17, 15) is 19.4 Å². The molecular formula is C23H27FO5. The van der Waals surface area contributed by atoms with Crippen LogP contribution in [-0.2, 0) is 11.2 Å². The van der Waals surface area contributed by atoms with Gasteiger partial charge in [0.15, 0.2) is 12.1 Å². The number of halogens is 1. The monoisotopic (exact) mass is 402 g/mol. The van der Waals surface area contributed by atoms with Gasteiger partial charge >= 0.3 is 0 Å². The Kier molecular flexibility index (Phi) is 6.87. The molecule has 6 heteroatoms. The van der Waals surface area contributed by atoms with Gasteiger partial charge in [-0.05, 0) is 49.9 Å². The maximum Gasteiger partial charge on any atom is 0.200 e. The van der Waals surface area contributed by atoms with E-state index >= 15 is 0 Å². The zero-order chi connectivity index (χ0) is 21.0. The first-order valence-electron chi connectivity index (χ1n) is 9.86. The number of benzene rings is 2. The van der Waals surface area contributed by atoms with Gasteiger partial charge in [0.05, 0.1) is 6.61 Å². The largest absolute Gasteiger partial charge is 0.507 e. The quantitative estimate of drug-likeness (QED) is 0.684. The number of aromatic hydroxyl groups is 1. The second-order valence-corrected chi connectivity index (χ2v) is 7.56. The van der Waals surface area contributed by atoms with Gasteiger partial charge in [-0.15, -0.1) is 0 Å². The number of phenolic OH excluding ortho intramolecular Hbond substituents is 1. The van der Waals surface area contributed by atoms with Crippen molar-refractivity contribution in [2.75, 3.05) is 6.61 Å². The average Bonchev–Trinajstić information content (AvgIpc) is 2.68. The number of aliphatic hydroxyl groups is 1. The Labute approximate surface area is 170 Å². The number of hydrogen-bond donors (Lipinski definition) is 2. The van der Waals surface area contributed by atoms with Gasteiger partial charge in [0.2, 0.25) is 0 Å². The van der Waals surface area contributed by atoms with E-state index in [-0.39, 0.29) is 35.7 Å². The molecule has 0 aliphatic carbocycles. The zero-order valence-electron chi connectivity index (χ0n) is 16.7. The number of carbonyl (C=O) groups excluding carboxylic acids is 1. The molecule has 0 spiro atoms. The zero-order valence-corrected chi connectivity index (χ0v) is 16.7. The molecule has 0 radical (unpaired) electrons. The third kappa shape index (κ3) is 5.34. The molecule has 0 saturated carbocycles. The Bertz CT molecular complexity index is 849. The van der Waals surface area contributed by atoms with Crippen molar-refractivity contribution in [3.05, 3.63) is 58.7 Å². The summed E-state index contributed by atoms with van der Waals surface area (Å²) in [6.45, 7) is 3.34. The summed E-state index contributed by atoms with van der Waals surface area (Å²) in [5, 5.41) is 19.7. The molecule has 0 aromatic heterocycles. The van der Waals surface area contributed by atoms with Crippen molar-refractivity contribution in [2.45, 2.75) is 58.1 Å². The highest BCUT2D eigenvalue weighted by Gasteiger charge is 2.33. The van der Waals surface area contributed by atoms with Crippen LogP contribution in [0.1, 0.15) is 46.3 Å². The van der Waals surface area contributed by atoms with Crippen LogP contribution >= 0.6 is 0 Å². The maximum atomic E-state index is 13.7. The Hall–Kier alpha value is -2.44. The van der Waals surface area contributed by atoms with Gasteiger partial charge in [-0.25, -0.2) is 4.39 Å². The van der Waals surface area contributed by atoms with E-state index in [2.05, 4.69) is 0 Å². The van der Waals surface area contributed by atoms with E-state index in [1.54, 1.807) is 13.0 Å². The predicted molar refractivity (Wildman–Crippen MR) is 107 cm³/mol. The van der Waals surface area contributed by atoms with Gasteiger partial charge < -0.3 is 19.7 Å². The molecule has 2 aromatic rings. The molecule has 5 nitrogen and oxygen atoms in total. The molecule has 2 aromatic carbocycles. The summed E-state index contributed by atoms with van der Waals surface area (Å²) in [6.07, 6.45) is -1.73. The second kappa shape index (κ2) is 9.37. The molecule has 1 aliphatic heterocycles. The van der Waals surface area contributed by atoms with Crippen molar-refractivity contribution in [3.63, 3.8) is 0 Å². The van der Waals surface area contributed by atoms with Crippen LogP contribution in [-0.4, -0.2) is 41.2 Å². The van der Waals surface area contributed by atoms with Crippen LogP contribution in [0.15, 0.2) is 36.4 Å². The summed E-state index contributed by atoms with van der Waals surface area (Å²) in [5.74, 6) is -0.168. The molecule has 0 bridgehead atoms. The summed E-state index contributed by atoms with van der Waals surface area (Å²) in [7, 11) is 0. The molecule has 1 heterocycles. The Morgan fingerprint density at radius 2 is 1.90 bits per heavy atom. The van der Waals surface area contributed by atoms with Crippen molar-refractivity contribution in [1.82, 2.24) is 0 Å². The fourth-order valence-corrected chi connectivity index (χ4v) is 3.46. The molecular weight excluding hydrogens is 375 g/mol. The third-order valence-electron chi connectivity index (χ3n) is 5.11. The molecule has 1 aliphatic rings. The average molecular weight is 402 g/mol. The smallest absolute Gasteiger partial charge is 0.200 e. The first-order valence-corrected chi connectivity index (χ1v) is 9.86. The van der Waals surface area contributed by atoms with Gasteiger partial charge in [-0.2, -0.15) is 0 Å². The molecule has 29 heavy (non-hydrogen) atoms. The van der Waals surface area contributed by atoms with Gasteiger partial charge in [0.1, 0.15) is 29.3 Å². The summed E-state index contributed by atoms with van der Waals surface area (Å²) in [5.41, 5.74) is 3.02. The molecule has 3 rings (SSSR count). The normalized spacial score (nSPS) is 21.7. The molecule has 0 amide bonds. The van der Waals surface area contributed by atoms with E-state index in [0.29, 0.717) is 12.8 Å². The number of alkyl halides is 1. The number of hydrogen-bond acceptors (Lipinski definition) is 5. The van der Waals surface area contributed by atoms with Crippen molar-refractivity contribution in [1.29, 1.82) is 0 Å². The highest BCUT2D eigenvalue weighted by molar-refractivity contribution is 6.01. The van der Waals surface area contributed by atoms with Gasteiger partial charge in [-0.1, -0.05) is 29.8 Å². The fraction of sp³-hybridized carbons (Fsp3) is 0.435. The maximum absolute atomic E-state index is 13.7. The lowest BCUT2D eigenvalue weighted by molar-refractivity contribution is -0.182. The number of rotatable bonds is 7. The van der Waals surface area contributed by atoms with Gasteiger partial charge in [-0.3, -0.25) is 4.79 Å². The number of ketones is 1. The number of carbonyl (C=O) groups is 1. The van der Waals surface area contributed by atoms with E-state index in [0.717, 1.165) is 16.7 Å². The molecule has 2 N–H and O–H groups in total. The Balaban J connectivity index is 1.75. The van der Waals surface area contributed by atoms with Crippen LogP contribution in [0.3, 0.4) is 0 Å². The van der Waals surface area contributed by atoms with E-state index in [1.165, 1.54) is 6.07 Å². The molecule has 1 fully saturated rings. The minimum absolute atomic E-state index is 0.106. The van der Waals surface area contributed by atoms with Crippen molar-refractivity contribution in [2.24, 2.45) is 0 Å². The van der Waals surface area contributed by atoms with Crippen LogP contribution in [0, 0.1) is 13.8 Å². The van der Waals surface area contributed by atoms with Gasteiger partial charge in [0.25, 0.3) is 0 Å². The minimum atomic E-state index is -1.25. The van der Waals surface area contributed by atoms with Crippen LogP contribution in [0.5, 0.6) is 11.5 Å². The summed E-state index contributed by atoms with van der Waals surface area (Å²) >= 11 is 0. The molecule has 3 unspecified atom stereocenters.